The molecule has 3 amide bonds. The van der Waals surface area contributed by atoms with Crippen LogP contribution in [-0.4, -0.2) is 62.8 Å². The van der Waals surface area contributed by atoms with E-state index in [4.69, 9.17) is 9.47 Å². The van der Waals surface area contributed by atoms with E-state index in [1.54, 1.807) is 37.3 Å². The van der Waals surface area contributed by atoms with Gasteiger partial charge in [0, 0.05) is 50.7 Å². The number of anilines is 2. The van der Waals surface area contributed by atoms with Gasteiger partial charge in [-0.25, -0.2) is 9.18 Å². The van der Waals surface area contributed by atoms with Gasteiger partial charge in [-0.3, -0.25) is 4.79 Å². The van der Waals surface area contributed by atoms with Crippen molar-refractivity contribution in [3.63, 3.8) is 0 Å². The summed E-state index contributed by atoms with van der Waals surface area (Å²) in [5.74, 6) is 0.00541. The van der Waals surface area contributed by atoms with Gasteiger partial charge in [-0.05, 0) is 49.2 Å². The van der Waals surface area contributed by atoms with Gasteiger partial charge >= 0.3 is 6.03 Å². The number of urea groups is 1. The molecule has 2 aromatic carbocycles. The van der Waals surface area contributed by atoms with Crippen molar-refractivity contribution < 1.29 is 23.5 Å². The zero-order valence-corrected chi connectivity index (χ0v) is 19.4. The van der Waals surface area contributed by atoms with Gasteiger partial charge in [0.05, 0.1) is 11.7 Å². The fourth-order valence-corrected chi connectivity index (χ4v) is 3.56. The number of halogens is 1. The molecule has 0 aliphatic carbocycles. The first-order valence-electron chi connectivity index (χ1n) is 10.9. The molecule has 2 aromatic rings. The summed E-state index contributed by atoms with van der Waals surface area (Å²) in [6.45, 7) is 5.60. The molecule has 3 N–H and O–H groups in total. The topological polar surface area (TPSA) is 91.9 Å². The number of rotatable bonds is 3. The molecule has 33 heavy (non-hydrogen) atoms. The van der Waals surface area contributed by atoms with E-state index in [0.29, 0.717) is 35.8 Å². The Hall–Kier alpha value is -3.17. The van der Waals surface area contributed by atoms with Crippen LogP contribution in [0.5, 0.6) is 5.75 Å². The van der Waals surface area contributed by atoms with Gasteiger partial charge < -0.3 is 30.3 Å². The molecule has 0 bridgehead atoms. The van der Waals surface area contributed by atoms with E-state index in [1.165, 1.54) is 24.3 Å². The third-order valence-corrected chi connectivity index (χ3v) is 5.59. The molecular formula is C24H31FN4O4. The monoisotopic (exact) mass is 458 g/mol. The average Bonchev–Trinajstić information content (AvgIpc) is 2.80. The predicted octanol–water partition coefficient (Wildman–Crippen LogP) is 3.56. The molecule has 0 radical (unpaired) electrons. The summed E-state index contributed by atoms with van der Waals surface area (Å²) in [6.07, 6.45) is -0.112. The van der Waals surface area contributed by atoms with E-state index in [-0.39, 0.29) is 29.8 Å². The van der Waals surface area contributed by atoms with E-state index < -0.39 is 6.03 Å². The normalized spacial score (nSPS) is 21.8. The number of hydrogen-bond donors (Lipinski definition) is 3. The van der Waals surface area contributed by atoms with E-state index in [1.807, 2.05) is 6.92 Å². The van der Waals surface area contributed by atoms with Crippen LogP contribution in [-0.2, 0) is 4.74 Å². The maximum atomic E-state index is 13.1. The minimum atomic E-state index is -0.495. The number of carbonyl (C=O) groups excluding carboxylic acids is 2. The van der Waals surface area contributed by atoms with Crippen molar-refractivity contribution >= 4 is 23.3 Å². The molecule has 1 aliphatic rings. The van der Waals surface area contributed by atoms with Crippen molar-refractivity contribution in [3.8, 4) is 5.75 Å². The summed E-state index contributed by atoms with van der Waals surface area (Å²) >= 11 is 0. The number of carbonyl (C=O) groups is 2. The van der Waals surface area contributed by atoms with Crippen LogP contribution in [0.1, 0.15) is 24.2 Å². The molecule has 0 spiro atoms. The van der Waals surface area contributed by atoms with Gasteiger partial charge in [-0.2, -0.15) is 0 Å². The first kappa shape index (κ1) is 24.5. The summed E-state index contributed by atoms with van der Waals surface area (Å²) in [7, 11) is 3.38. The Labute approximate surface area is 193 Å². The van der Waals surface area contributed by atoms with E-state index in [0.717, 1.165) is 6.54 Å². The second-order valence-corrected chi connectivity index (χ2v) is 8.35. The van der Waals surface area contributed by atoms with Crippen molar-refractivity contribution in [1.82, 2.24) is 10.2 Å². The lowest BCUT2D eigenvalue weighted by Crippen LogP contribution is -2.44. The molecule has 0 unspecified atom stereocenters. The smallest absolute Gasteiger partial charge is 0.323 e. The zero-order valence-electron chi connectivity index (χ0n) is 19.4. The second kappa shape index (κ2) is 11.1. The Kier molecular flexibility index (Phi) is 8.24. The summed E-state index contributed by atoms with van der Waals surface area (Å²) in [5.41, 5.74) is 1.31. The molecule has 9 heteroatoms. The van der Waals surface area contributed by atoms with E-state index in [9.17, 15) is 14.0 Å². The first-order valence-corrected chi connectivity index (χ1v) is 10.9. The van der Waals surface area contributed by atoms with Gasteiger partial charge in [-0.15, -0.1) is 0 Å². The lowest BCUT2D eigenvalue weighted by molar-refractivity contribution is 0.0281. The Morgan fingerprint density at radius 3 is 2.52 bits per heavy atom. The molecule has 0 aromatic heterocycles. The van der Waals surface area contributed by atoms with Crippen molar-refractivity contribution in [2.45, 2.75) is 26.0 Å². The molecule has 1 aliphatic heterocycles. The Bertz CT molecular complexity index is 969. The SMILES string of the molecule is CO[C@@H]1CN(C)C(=O)c2ccc(NC(=O)Nc3ccc(F)cc3)cc2OC[C@H](C)NC[C@@H]1C. The van der Waals surface area contributed by atoms with Crippen molar-refractivity contribution in [2.75, 3.05) is 44.5 Å². The van der Waals surface area contributed by atoms with Crippen LogP contribution in [0, 0.1) is 11.7 Å². The molecule has 1 heterocycles. The molecule has 178 valence electrons. The number of ether oxygens (including phenoxy) is 2. The zero-order chi connectivity index (χ0) is 24.0. The lowest BCUT2D eigenvalue weighted by atomic mass is 10.0. The van der Waals surface area contributed by atoms with Crippen molar-refractivity contribution in [1.29, 1.82) is 0 Å². The molecule has 3 atom stereocenters. The number of amides is 3. The standard InChI is InChI=1S/C24H31FN4O4/c1-15-12-26-16(2)14-33-21-11-19(28-24(31)27-18-7-5-17(25)6-8-18)9-10-20(21)23(30)29(3)13-22(15)32-4/h5-11,15-16,22,26H,12-14H2,1-4H3,(H2,27,28,31)/t15-,16-,22+/m0/s1. The number of benzene rings is 2. The van der Waals surface area contributed by atoms with Crippen molar-refractivity contribution in [2.24, 2.45) is 5.92 Å². The fourth-order valence-electron chi connectivity index (χ4n) is 3.56. The van der Waals surface area contributed by atoms with Crippen LogP contribution < -0.4 is 20.7 Å². The van der Waals surface area contributed by atoms with Crippen LogP contribution in [0.25, 0.3) is 0 Å². The second-order valence-electron chi connectivity index (χ2n) is 8.35. The quantitative estimate of drug-likeness (QED) is 0.654. The third-order valence-electron chi connectivity index (χ3n) is 5.59. The highest BCUT2D eigenvalue weighted by Gasteiger charge is 2.25. The molecule has 0 fully saturated rings. The number of nitrogens with zero attached hydrogens (tertiary/aromatic N) is 1. The molecule has 8 nitrogen and oxygen atoms in total. The molecule has 0 saturated heterocycles. The number of methoxy groups -OCH3 is 1. The summed E-state index contributed by atoms with van der Waals surface area (Å²) in [6, 6.07) is 9.91. The van der Waals surface area contributed by atoms with Crippen LogP contribution in [0.3, 0.4) is 0 Å². The number of fused-ring (bicyclic) bond motifs is 1. The maximum absolute atomic E-state index is 13.1. The summed E-state index contributed by atoms with van der Waals surface area (Å²) in [4.78, 5) is 27.1. The van der Waals surface area contributed by atoms with E-state index in [2.05, 4.69) is 22.9 Å². The van der Waals surface area contributed by atoms with Gasteiger partial charge in [0.2, 0.25) is 0 Å². The van der Waals surface area contributed by atoms with Crippen LogP contribution in [0.2, 0.25) is 0 Å². The van der Waals surface area contributed by atoms with Crippen LogP contribution in [0.15, 0.2) is 42.5 Å². The number of likely N-dealkylation sites (N-methyl/N-ethyl adjacent to an activating group) is 1. The highest BCUT2D eigenvalue weighted by Crippen LogP contribution is 2.26. The minimum absolute atomic E-state index is 0.0449. The summed E-state index contributed by atoms with van der Waals surface area (Å²) in [5, 5.41) is 8.79. The van der Waals surface area contributed by atoms with Crippen LogP contribution in [0.4, 0.5) is 20.6 Å². The van der Waals surface area contributed by atoms with Crippen LogP contribution >= 0.6 is 0 Å². The van der Waals surface area contributed by atoms with Gasteiger partial charge in [0.25, 0.3) is 5.91 Å². The Morgan fingerprint density at radius 2 is 1.82 bits per heavy atom. The highest BCUT2D eigenvalue weighted by atomic mass is 19.1. The number of nitrogens with one attached hydrogen (secondary N) is 3. The average molecular weight is 459 g/mol. The lowest BCUT2D eigenvalue weighted by Gasteiger charge is -2.30. The van der Waals surface area contributed by atoms with E-state index >= 15 is 0 Å². The molecule has 3 rings (SSSR count). The Balaban J connectivity index is 1.80. The predicted molar refractivity (Wildman–Crippen MR) is 125 cm³/mol. The first-order chi connectivity index (χ1) is 15.8. The minimum Gasteiger partial charge on any atom is -0.491 e. The highest BCUT2D eigenvalue weighted by molar-refractivity contribution is 6.01. The summed E-state index contributed by atoms with van der Waals surface area (Å²) < 4.78 is 24.7. The van der Waals surface area contributed by atoms with Crippen molar-refractivity contribution in [3.05, 3.63) is 53.8 Å². The Morgan fingerprint density at radius 1 is 1.15 bits per heavy atom. The largest absolute Gasteiger partial charge is 0.491 e. The maximum Gasteiger partial charge on any atom is 0.323 e. The van der Waals surface area contributed by atoms with Gasteiger partial charge in [-0.1, -0.05) is 6.92 Å². The number of hydrogen-bond acceptors (Lipinski definition) is 5. The van der Waals surface area contributed by atoms with Gasteiger partial charge in [0.1, 0.15) is 18.2 Å². The van der Waals surface area contributed by atoms with Gasteiger partial charge in [0.15, 0.2) is 0 Å². The fraction of sp³-hybridized carbons (Fsp3) is 0.417. The third kappa shape index (κ3) is 6.66. The molecule has 0 saturated carbocycles. The molecular weight excluding hydrogens is 427 g/mol.